The third-order valence-electron chi connectivity index (χ3n) is 7.03. The van der Waals surface area contributed by atoms with Crippen LogP contribution >= 0.6 is 0 Å². The fraction of sp³-hybridized carbons (Fsp3) is 0.429. The number of carbonyl (C=O) groups is 1. The first-order valence-corrected chi connectivity index (χ1v) is 12.0. The summed E-state index contributed by atoms with van der Waals surface area (Å²) >= 11 is 0. The second-order valence-electron chi connectivity index (χ2n) is 9.21. The molecule has 0 bridgehead atoms. The number of hydrogen-bond donors (Lipinski definition) is 1. The van der Waals surface area contributed by atoms with Gasteiger partial charge in [-0.2, -0.15) is 5.26 Å². The number of nitriles is 1. The lowest BCUT2D eigenvalue weighted by atomic mass is 9.84. The second-order valence-corrected chi connectivity index (χ2v) is 9.21. The van der Waals surface area contributed by atoms with Crippen molar-refractivity contribution in [2.75, 3.05) is 20.2 Å². The van der Waals surface area contributed by atoms with Crippen molar-refractivity contribution in [3.05, 3.63) is 70.8 Å². The Hall–Kier alpha value is -3.10. The van der Waals surface area contributed by atoms with Crippen LogP contribution in [0, 0.1) is 17.2 Å². The molecule has 1 saturated carbocycles. The van der Waals surface area contributed by atoms with Crippen molar-refractivity contribution in [1.29, 1.82) is 5.26 Å². The van der Waals surface area contributed by atoms with Crippen LogP contribution in [0.5, 0.6) is 5.75 Å². The first kappa shape index (κ1) is 23.1. The van der Waals surface area contributed by atoms with Crippen LogP contribution in [0.1, 0.15) is 54.4 Å². The number of carbonyl (C=O) groups excluding carboxylic acids is 1. The zero-order chi connectivity index (χ0) is 23.0. The van der Waals surface area contributed by atoms with E-state index in [-0.39, 0.29) is 11.9 Å². The maximum Gasteiger partial charge on any atom is 0.244 e. The Morgan fingerprint density at radius 3 is 2.79 bits per heavy atom. The molecule has 0 saturated heterocycles. The molecule has 0 spiro atoms. The van der Waals surface area contributed by atoms with Crippen molar-refractivity contribution < 1.29 is 9.53 Å². The highest BCUT2D eigenvalue weighted by atomic mass is 16.5. The number of rotatable bonds is 7. The van der Waals surface area contributed by atoms with Gasteiger partial charge in [-0.1, -0.05) is 24.3 Å². The topological polar surface area (TPSA) is 65.4 Å². The van der Waals surface area contributed by atoms with Gasteiger partial charge < -0.3 is 10.1 Å². The molecule has 2 aromatic carbocycles. The Morgan fingerprint density at radius 2 is 2.00 bits per heavy atom. The van der Waals surface area contributed by atoms with Crippen LogP contribution < -0.4 is 10.1 Å². The van der Waals surface area contributed by atoms with E-state index in [2.05, 4.69) is 22.4 Å². The molecule has 1 aliphatic carbocycles. The number of amides is 1. The summed E-state index contributed by atoms with van der Waals surface area (Å²) in [6, 6.07) is 16.3. The van der Waals surface area contributed by atoms with E-state index in [1.165, 1.54) is 30.4 Å². The van der Waals surface area contributed by atoms with Crippen molar-refractivity contribution in [3.8, 4) is 11.8 Å². The van der Waals surface area contributed by atoms with Crippen LogP contribution in [-0.4, -0.2) is 37.0 Å². The highest BCUT2D eigenvalue weighted by molar-refractivity contribution is 5.92. The highest BCUT2D eigenvalue weighted by Crippen LogP contribution is 2.28. The normalized spacial score (nSPS) is 20.7. The molecule has 33 heavy (non-hydrogen) atoms. The summed E-state index contributed by atoms with van der Waals surface area (Å²) in [5, 5.41) is 12.3. The molecule has 0 aromatic heterocycles. The van der Waals surface area contributed by atoms with Gasteiger partial charge in [-0.15, -0.1) is 0 Å². The molecule has 2 aromatic rings. The minimum atomic E-state index is -0.0316. The van der Waals surface area contributed by atoms with Crippen LogP contribution in [0.3, 0.4) is 0 Å². The summed E-state index contributed by atoms with van der Waals surface area (Å²) in [7, 11) is 1.64. The molecule has 2 aliphatic rings. The van der Waals surface area contributed by atoms with Gasteiger partial charge in [0.2, 0.25) is 5.91 Å². The number of hydrogen-bond acceptors (Lipinski definition) is 4. The summed E-state index contributed by atoms with van der Waals surface area (Å²) in [6.07, 6.45) is 10.1. The highest BCUT2D eigenvalue weighted by Gasteiger charge is 2.23. The zero-order valence-corrected chi connectivity index (χ0v) is 19.4. The molecule has 1 fully saturated rings. The lowest BCUT2D eigenvalue weighted by Gasteiger charge is -2.33. The van der Waals surface area contributed by atoms with Crippen molar-refractivity contribution in [1.82, 2.24) is 10.2 Å². The maximum absolute atomic E-state index is 12.4. The number of methoxy groups -OCH3 is 1. The number of ether oxygens (including phenoxy) is 1. The van der Waals surface area contributed by atoms with Gasteiger partial charge >= 0.3 is 0 Å². The van der Waals surface area contributed by atoms with Gasteiger partial charge in [0.15, 0.2) is 0 Å². The minimum absolute atomic E-state index is 0.0316. The van der Waals surface area contributed by atoms with Crippen molar-refractivity contribution in [2.24, 2.45) is 5.92 Å². The summed E-state index contributed by atoms with van der Waals surface area (Å²) < 4.78 is 5.33. The van der Waals surface area contributed by atoms with Gasteiger partial charge in [0.1, 0.15) is 5.75 Å². The summed E-state index contributed by atoms with van der Waals surface area (Å²) in [5.74, 6) is 1.48. The molecule has 0 radical (unpaired) electrons. The standard InChI is InChI=1S/C28H33N3O2/c1-33-27-5-3-2-4-23(27)10-13-28(32)30-26-11-7-21(8-12-26)14-16-31-17-15-24-18-22(19-29)6-9-25(24)20-31/h2-6,9-10,13,18,21,26H,7-8,11-12,14-17,20H2,1H3,(H,30,32)/b13-10+. The van der Waals surface area contributed by atoms with Gasteiger partial charge in [0.25, 0.3) is 0 Å². The van der Waals surface area contributed by atoms with Crippen molar-refractivity contribution >= 4 is 12.0 Å². The Bertz CT molecular complexity index is 1030. The quantitative estimate of drug-likeness (QED) is 0.630. The largest absolute Gasteiger partial charge is 0.496 e. The van der Waals surface area contributed by atoms with E-state index >= 15 is 0 Å². The number of benzene rings is 2. The maximum atomic E-state index is 12.4. The molecule has 1 N–H and O–H groups in total. The average molecular weight is 444 g/mol. The Labute approximate surface area is 197 Å². The average Bonchev–Trinajstić information content (AvgIpc) is 2.86. The third-order valence-corrected chi connectivity index (χ3v) is 7.03. The Morgan fingerprint density at radius 1 is 1.18 bits per heavy atom. The van der Waals surface area contributed by atoms with Crippen LogP contribution in [0.2, 0.25) is 0 Å². The molecule has 1 amide bonds. The fourth-order valence-electron chi connectivity index (χ4n) is 5.05. The van der Waals surface area contributed by atoms with Gasteiger partial charge in [-0.25, -0.2) is 0 Å². The van der Waals surface area contributed by atoms with E-state index in [9.17, 15) is 4.79 Å². The molecule has 1 heterocycles. The van der Waals surface area contributed by atoms with E-state index in [0.29, 0.717) is 0 Å². The molecule has 5 heteroatoms. The molecular weight excluding hydrogens is 410 g/mol. The predicted octanol–water partition coefficient (Wildman–Crippen LogP) is 4.70. The number of fused-ring (bicyclic) bond motifs is 1. The van der Waals surface area contributed by atoms with Crippen LogP contribution in [0.4, 0.5) is 0 Å². The fourth-order valence-corrected chi connectivity index (χ4v) is 5.05. The van der Waals surface area contributed by atoms with E-state index in [1.54, 1.807) is 13.2 Å². The Balaban J connectivity index is 1.18. The van der Waals surface area contributed by atoms with E-state index in [0.717, 1.165) is 61.7 Å². The lowest BCUT2D eigenvalue weighted by Crippen LogP contribution is -2.37. The second kappa shape index (κ2) is 11.2. The SMILES string of the molecule is COc1ccccc1/C=C/C(=O)NC1CCC(CCN2CCc3cc(C#N)ccc3C2)CC1. The van der Waals surface area contributed by atoms with E-state index in [4.69, 9.17) is 10.00 Å². The monoisotopic (exact) mass is 443 g/mol. The molecule has 1 aliphatic heterocycles. The zero-order valence-electron chi connectivity index (χ0n) is 19.4. The molecule has 5 nitrogen and oxygen atoms in total. The molecule has 172 valence electrons. The first-order chi connectivity index (χ1) is 16.1. The van der Waals surface area contributed by atoms with Crippen LogP contribution in [0.25, 0.3) is 6.08 Å². The number of para-hydroxylation sites is 1. The summed E-state index contributed by atoms with van der Waals surface area (Å²) in [4.78, 5) is 14.9. The van der Waals surface area contributed by atoms with Crippen LogP contribution in [0.15, 0.2) is 48.5 Å². The van der Waals surface area contributed by atoms with Crippen LogP contribution in [-0.2, 0) is 17.8 Å². The molecular formula is C28H33N3O2. The lowest BCUT2D eigenvalue weighted by molar-refractivity contribution is -0.117. The summed E-state index contributed by atoms with van der Waals surface area (Å²) in [6.45, 7) is 3.19. The van der Waals surface area contributed by atoms with Crippen molar-refractivity contribution in [2.45, 2.75) is 51.1 Å². The first-order valence-electron chi connectivity index (χ1n) is 12.0. The van der Waals surface area contributed by atoms with Gasteiger partial charge in [-0.05, 0) is 86.4 Å². The smallest absolute Gasteiger partial charge is 0.244 e. The van der Waals surface area contributed by atoms with Gasteiger partial charge in [0, 0.05) is 30.8 Å². The number of nitrogens with zero attached hydrogens (tertiary/aromatic N) is 2. The van der Waals surface area contributed by atoms with Gasteiger partial charge in [0.05, 0.1) is 18.7 Å². The third kappa shape index (κ3) is 6.24. The van der Waals surface area contributed by atoms with E-state index < -0.39 is 0 Å². The Kier molecular flexibility index (Phi) is 7.80. The van der Waals surface area contributed by atoms with Gasteiger partial charge in [-0.3, -0.25) is 9.69 Å². The number of nitrogens with one attached hydrogen (secondary N) is 1. The molecule has 0 atom stereocenters. The van der Waals surface area contributed by atoms with E-state index in [1.807, 2.05) is 42.5 Å². The molecule has 4 rings (SSSR count). The predicted molar refractivity (Wildman–Crippen MR) is 131 cm³/mol. The minimum Gasteiger partial charge on any atom is -0.496 e. The molecule has 0 unspecified atom stereocenters. The summed E-state index contributed by atoms with van der Waals surface area (Å²) in [5.41, 5.74) is 4.38. The van der Waals surface area contributed by atoms with Crippen molar-refractivity contribution in [3.63, 3.8) is 0 Å².